The van der Waals surface area contributed by atoms with E-state index in [4.69, 9.17) is 16.3 Å². The molecule has 0 fully saturated rings. The van der Waals surface area contributed by atoms with Crippen molar-refractivity contribution >= 4 is 23.4 Å². The number of methoxy groups -OCH3 is 1. The fourth-order valence-electron chi connectivity index (χ4n) is 4.14. The Morgan fingerprint density at radius 2 is 1.69 bits per heavy atom. The molecular formula is C25H21ClFNO4. The van der Waals surface area contributed by atoms with Crippen LogP contribution in [0.25, 0.3) is 11.1 Å². The molecule has 0 saturated carbocycles. The second kappa shape index (κ2) is 8.73. The molecule has 1 N–H and O–H groups in total. The third-order valence-corrected chi connectivity index (χ3v) is 5.87. The Morgan fingerprint density at radius 3 is 2.28 bits per heavy atom. The highest BCUT2D eigenvalue weighted by atomic mass is 35.5. The summed E-state index contributed by atoms with van der Waals surface area (Å²) in [6.07, 6.45) is -1.14. The fourth-order valence-corrected chi connectivity index (χ4v) is 4.46. The Balaban J connectivity index is 1.63. The number of halogens is 2. The molecule has 4 rings (SSSR count). The van der Waals surface area contributed by atoms with Gasteiger partial charge in [-0.1, -0.05) is 35.9 Å². The molecule has 164 valence electrons. The van der Waals surface area contributed by atoms with Crippen molar-refractivity contribution in [2.45, 2.75) is 19.4 Å². The molecule has 0 radical (unpaired) electrons. The summed E-state index contributed by atoms with van der Waals surface area (Å²) < 4.78 is 20.1. The number of imide groups is 1. The Hall–Kier alpha value is -3.22. The van der Waals surface area contributed by atoms with E-state index in [2.05, 4.69) is 0 Å². The number of hydrogen-bond acceptors (Lipinski definition) is 4. The minimum absolute atomic E-state index is 0.0230. The predicted octanol–water partition coefficient (Wildman–Crippen LogP) is 4.66. The van der Waals surface area contributed by atoms with Gasteiger partial charge in [-0.2, -0.15) is 0 Å². The van der Waals surface area contributed by atoms with Gasteiger partial charge in [0.1, 0.15) is 11.6 Å². The molecule has 0 aromatic heterocycles. The number of carbonyl (C=O) groups is 2. The molecule has 1 aliphatic rings. The van der Waals surface area contributed by atoms with Crippen molar-refractivity contribution in [3.63, 3.8) is 0 Å². The van der Waals surface area contributed by atoms with E-state index in [0.29, 0.717) is 38.6 Å². The molecule has 0 aliphatic carbocycles. The number of aliphatic hydroxyl groups is 1. The number of amides is 2. The third kappa shape index (κ3) is 3.87. The lowest BCUT2D eigenvalue weighted by Crippen LogP contribution is -2.37. The number of β-amino-alcohol motifs (C(OH)–C–C–N with tert-alkyl or cyclic N) is 1. The number of nitrogens with zero attached hydrogens (tertiary/aromatic N) is 1. The summed E-state index contributed by atoms with van der Waals surface area (Å²) in [4.78, 5) is 26.2. The number of aliphatic hydroxyl groups excluding tert-OH is 1. The van der Waals surface area contributed by atoms with Gasteiger partial charge in [-0.05, 0) is 42.8 Å². The van der Waals surface area contributed by atoms with Crippen molar-refractivity contribution in [3.8, 4) is 16.9 Å². The van der Waals surface area contributed by atoms with E-state index >= 15 is 0 Å². The van der Waals surface area contributed by atoms with Gasteiger partial charge in [-0.3, -0.25) is 14.5 Å². The summed E-state index contributed by atoms with van der Waals surface area (Å²) in [5, 5.41) is 11.2. The minimum Gasteiger partial charge on any atom is -0.496 e. The quantitative estimate of drug-likeness (QED) is 0.551. The van der Waals surface area contributed by atoms with Crippen LogP contribution in [-0.4, -0.2) is 41.6 Å². The largest absolute Gasteiger partial charge is 0.496 e. The lowest BCUT2D eigenvalue weighted by molar-refractivity contribution is 0.0543. The summed E-state index contributed by atoms with van der Waals surface area (Å²) in [5.74, 6) is -1.04. The first kappa shape index (κ1) is 22.0. The van der Waals surface area contributed by atoms with Crippen LogP contribution < -0.4 is 4.74 Å². The Morgan fingerprint density at radius 1 is 1.03 bits per heavy atom. The van der Waals surface area contributed by atoms with E-state index in [1.54, 1.807) is 36.4 Å². The molecule has 3 aromatic carbocycles. The van der Waals surface area contributed by atoms with Crippen LogP contribution in [0.3, 0.4) is 0 Å². The molecule has 32 heavy (non-hydrogen) atoms. The van der Waals surface area contributed by atoms with E-state index < -0.39 is 23.7 Å². The van der Waals surface area contributed by atoms with E-state index in [-0.39, 0.29) is 13.0 Å². The molecule has 1 heterocycles. The van der Waals surface area contributed by atoms with Crippen LogP contribution in [0.4, 0.5) is 4.39 Å². The first-order valence-electron chi connectivity index (χ1n) is 10.1. The minimum atomic E-state index is -1.12. The van der Waals surface area contributed by atoms with Crippen molar-refractivity contribution in [2.24, 2.45) is 0 Å². The topological polar surface area (TPSA) is 66.8 Å². The van der Waals surface area contributed by atoms with Crippen LogP contribution in [0.2, 0.25) is 5.02 Å². The zero-order chi connectivity index (χ0) is 23.0. The van der Waals surface area contributed by atoms with Gasteiger partial charge >= 0.3 is 0 Å². The van der Waals surface area contributed by atoms with E-state index in [0.717, 1.165) is 10.5 Å². The highest BCUT2D eigenvalue weighted by Gasteiger charge is 2.36. The lowest BCUT2D eigenvalue weighted by atomic mass is 9.95. The zero-order valence-corrected chi connectivity index (χ0v) is 18.3. The fraction of sp³-hybridized carbons (Fsp3) is 0.200. The maximum atomic E-state index is 14.6. The molecule has 0 bridgehead atoms. The summed E-state index contributed by atoms with van der Waals surface area (Å²) in [5.41, 5.74) is 2.99. The molecule has 0 saturated heterocycles. The lowest BCUT2D eigenvalue weighted by Gasteiger charge is -2.21. The molecule has 2 amide bonds. The van der Waals surface area contributed by atoms with E-state index in [1.807, 2.05) is 13.0 Å². The van der Waals surface area contributed by atoms with Gasteiger partial charge in [0.2, 0.25) is 0 Å². The molecule has 5 nitrogen and oxygen atoms in total. The highest BCUT2D eigenvalue weighted by molar-refractivity contribution is 6.33. The maximum absolute atomic E-state index is 14.6. The summed E-state index contributed by atoms with van der Waals surface area (Å²) >= 11 is 6.38. The van der Waals surface area contributed by atoms with Crippen LogP contribution in [0.15, 0.2) is 54.6 Å². The molecule has 3 aromatic rings. The molecule has 7 heteroatoms. The van der Waals surface area contributed by atoms with Gasteiger partial charge in [0.15, 0.2) is 0 Å². The van der Waals surface area contributed by atoms with Crippen molar-refractivity contribution < 1.29 is 23.8 Å². The average molecular weight is 454 g/mol. The van der Waals surface area contributed by atoms with Crippen molar-refractivity contribution in [1.29, 1.82) is 0 Å². The summed E-state index contributed by atoms with van der Waals surface area (Å²) in [6.45, 7) is 1.65. The summed E-state index contributed by atoms with van der Waals surface area (Å²) in [7, 11) is 1.46. The monoisotopic (exact) mass is 453 g/mol. The van der Waals surface area contributed by atoms with Crippen molar-refractivity contribution in [1.82, 2.24) is 4.90 Å². The predicted molar refractivity (Wildman–Crippen MR) is 120 cm³/mol. The van der Waals surface area contributed by atoms with E-state index in [9.17, 15) is 19.1 Å². The number of rotatable bonds is 6. The molecule has 1 atom stereocenters. The standard InChI is InChI=1S/C25H21ClFNO4/c1-14-6-5-9-21(26)22(14)20-12-16(27)10-15(23(20)32-2)11-17(29)13-28-24(30)18-7-3-4-8-19(18)25(28)31/h3-10,12,17,29H,11,13H2,1-2H3. The Bertz CT molecular complexity index is 1170. The molecule has 0 spiro atoms. The molecular weight excluding hydrogens is 433 g/mol. The smallest absolute Gasteiger partial charge is 0.261 e. The van der Waals surface area contributed by atoms with Crippen LogP contribution in [-0.2, 0) is 6.42 Å². The van der Waals surface area contributed by atoms with Crippen LogP contribution >= 0.6 is 11.6 Å². The van der Waals surface area contributed by atoms with Gasteiger partial charge < -0.3 is 9.84 Å². The second-order valence-electron chi connectivity index (χ2n) is 7.70. The third-order valence-electron chi connectivity index (χ3n) is 5.55. The Labute approximate surface area is 190 Å². The summed E-state index contributed by atoms with van der Waals surface area (Å²) in [6, 6.07) is 14.5. The van der Waals surface area contributed by atoms with Crippen LogP contribution in [0, 0.1) is 12.7 Å². The van der Waals surface area contributed by atoms with Gasteiger partial charge in [0.05, 0.1) is 30.9 Å². The SMILES string of the molecule is COc1c(CC(O)CN2C(=O)c3ccccc3C2=O)cc(F)cc1-c1c(C)cccc1Cl. The van der Waals surface area contributed by atoms with Crippen molar-refractivity contribution in [3.05, 3.63) is 87.7 Å². The van der Waals surface area contributed by atoms with E-state index in [1.165, 1.54) is 19.2 Å². The van der Waals surface area contributed by atoms with Gasteiger partial charge in [-0.15, -0.1) is 0 Å². The normalized spacial score (nSPS) is 14.0. The number of aryl methyl sites for hydroxylation is 1. The maximum Gasteiger partial charge on any atom is 0.261 e. The Kier molecular flexibility index (Phi) is 6.00. The first-order valence-corrected chi connectivity index (χ1v) is 10.4. The van der Waals surface area contributed by atoms with Gasteiger partial charge in [0.25, 0.3) is 11.8 Å². The molecule has 1 unspecified atom stereocenters. The van der Waals surface area contributed by atoms with Gasteiger partial charge in [-0.25, -0.2) is 4.39 Å². The number of fused-ring (bicyclic) bond motifs is 1. The first-order chi connectivity index (χ1) is 15.3. The van der Waals surface area contributed by atoms with Crippen LogP contribution in [0.1, 0.15) is 31.8 Å². The second-order valence-corrected chi connectivity index (χ2v) is 8.11. The number of ether oxygens (including phenoxy) is 1. The van der Waals surface area contributed by atoms with Crippen molar-refractivity contribution in [2.75, 3.05) is 13.7 Å². The zero-order valence-electron chi connectivity index (χ0n) is 17.6. The molecule has 1 aliphatic heterocycles. The van der Waals surface area contributed by atoms with Gasteiger partial charge in [0, 0.05) is 28.1 Å². The number of benzene rings is 3. The average Bonchev–Trinajstić information content (AvgIpc) is 2.98. The highest BCUT2D eigenvalue weighted by Crippen LogP contribution is 2.40. The number of hydrogen-bond donors (Lipinski definition) is 1. The number of carbonyl (C=O) groups excluding carboxylic acids is 2. The van der Waals surface area contributed by atoms with Crippen LogP contribution in [0.5, 0.6) is 5.75 Å².